The quantitative estimate of drug-likeness (QED) is 0.424. The van der Waals surface area contributed by atoms with Crippen LogP contribution in [0.3, 0.4) is 0 Å². The summed E-state index contributed by atoms with van der Waals surface area (Å²) in [6.07, 6.45) is 4.29. The molecule has 0 saturated carbocycles. The highest BCUT2D eigenvalue weighted by Crippen LogP contribution is 2.18. The van der Waals surface area contributed by atoms with Gasteiger partial charge in [0.2, 0.25) is 0 Å². The molecular formula is C23H20ClN3O3. The second kappa shape index (κ2) is 9.33. The molecule has 7 heteroatoms. The average molecular weight is 422 g/mol. The molecule has 0 fully saturated rings. The van der Waals surface area contributed by atoms with Crippen molar-refractivity contribution in [1.82, 2.24) is 9.78 Å². The molecule has 6 nitrogen and oxygen atoms in total. The number of carbonyl (C=O) groups excluding carboxylic acids is 1. The van der Waals surface area contributed by atoms with Crippen molar-refractivity contribution in [3.63, 3.8) is 0 Å². The van der Waals surface area contributed by atoms with Crippen LogP contribution in [0.4, 0.5) is 5.69 Å². The molecule has 0 radical (unpaired) electrons. The summed E-state index contributed by atoms with van der Waals surface area (Å²) in [5.41, 5.74) is 1.85. The lowest BCUT2D eigenvalue weighted by Crippen LogP contribution is -2.10. The number of aryl methyl sites for hydroxylation is 2. The normalized spacial score (nSPS) is 10.7. The predicted molar refractivity (Wildman–Crippen MR) is 115 cm³/mol. The van der Waals surface area contributed by atoms with E-state index in [0.717, 1.165) is 13.0 Å². The van der Waals surface area contributed by atoms with Gasteiger partial charge in [0.1, 0.15) is 18.1 Å². The second-order valence-corrected chi connectivity index (χ2v) is 7.13. The number of aromatic nitrogens is 2. The van der Waals surface area contributed by atoms with Crippen molar-refractivity contribution in [1.29, 1.82) is 0 Å². The molecular weight excluding hydrogens is 402 g/mol. The fourth-order valence-corrected chi connectivity index (χ4v) is 3.02. The molecule has 2 heterocycles. The van der Waals surface area contributed by atoms with Crippen LogP contribution in [0.1, 0.15) is 21.9 Å². The Balaban J connectivity index is 1.29. The summed E-state index contributed by atoms with van der Waals surface area (Å²) in [4.78, 5) is 12.4. The number of ether oxygens (including phenoxy) is 1. The van der Waals surface area contributed by atoms with Gasteiger partial charge in [-0.25, -0.2) is 0 Å². The van der Waals surface area contributed by atoms with Crippen LogP contribution in [0.15, 0.2) is 83.5 Å². The van der Waals surface area contributed by atoms with Gasteiger partial charge in [-0.1, -0.05) is 41.9 Å². The smallest absolute Gasteiger partial charge is 0.291 e. The van der Waals surface area contributed by atoms with E-state index in [2.05, 4.69) is 22.5 Å². The van der Waals surface area contributed by atoms with Gasteiger partial charge in [0.15, 0.2) is 5.76 Å². The molecule has 0 unspecified atom stereocenters. The summed E-state index contributed by atoms with van der Waals surface area (Å²) in [7, 11) is 0. The molecule has 0 aliphatic heterocycles. The minimum absolute atomic E-state index is 0.210. The maximum Gasteiger partial charge on any atom is 0.291 e. The van der Waals surface area contributed by atoms with Crippen LogP contribution >= 0.6 is 11.6 Å². The van der Waals surface area contributed by atoms with E-state index in [9.17, 15) is 4.79 Å². The molecule has 0 aliphatic rings. The van der Waals surface area contributed by atoms with E-state index in [0.29, 0.717) is 22.2 Å². The summed E-state index contributed by atoms with van der Waals surface area (Å²) < 4.78 is 13.0. The van der Waals surface area contributed by atoms with Crippen molar-refractivity contribution in [3.05, 3.63) is 101 Å². The molecule has 4 rings (SSSR count). The fraction of sp³-hybridized carbons (Fsp3) is 0.130. The molecule has 0 aliphatic carbocycles. The zero-order chi connectivity index (χ0) is 20.8. The Morgan fingerprint density at radius 2 is 1.87 bits per heavy atom. The van der Waals surface area contributed by atoms with Crippen molar-refractivity contribution in [2.24, 2.45) is 0 Å². The van der Waals surface area contributed by atoms with Crippen LogP contribution in [-0.2, 0) is 19.6 Å². The molecule has 0 bridgehead atoms. The first-order valence-electron chi connectivity index (χ1n) is 9.50. The molecule has 30 heavy (non-hydrogen) atoms. The summed E-state index contributed by atoms with van der Waals surface area (Å²) in [6, 6.07) is 20.6. The van der Waals surface area contributed by atoms with Crippen LogP contribution < -0.4 is 10.1 Å². The molecule has 152 valence electrons. The Labute approximate surface area is 179 Å². The topological polar surface area (TPSA) is 69.3 Å². The third-order valence-corrected chi connectivity index (χ3v) is 4.70. The number of nitrogens with zero attached hydrogens (tertiary/aromatic N) is 2. The Morgan fingerprint density at radius 3 is 2.67 bits per heavy atom. The highest BCUT2D eigenvalue weighted by atomic mass is 35.5. The first kappa shape index (κ1) is 19.8. The highest BCUT2D eigenvalue weighted by Gasteiger charge is 2.13. The number of halogens is 1. The van der Waals surface area contributed by atoms with Crippen LogP contribution in [-0.4, -0.2) is 15.7 Å². The number of carbonyl (C=O) groups is 1. The molecule has 1 N–H and O–H groups in total. The first-order chi connectivity index (χ1) is 14.7. The van der Waals surface area contributed by atoms with Gasteiger partial charge in [-0.3, -0.25) is 9.48 Å². The van der Waals surface area contributed by atoms with Gasteiger partial charge >= 0.3 is 0 Å². The van der Waals surface area contributed by atoms with Crippen LogP contribution in [0.25, 0.3) is 0 Å². The summed E-state index contributed by atoms with van der Waals surface area (Å²) in [5, 5.41) is 7.73. The van der Waals surface area contributed by atoms with Crippen molar-refractivity contribution >= 4 is 23.2 Å². The molecule has 1 amide bonds. The lowest BCUT2D eigenvalue weighted by molar-refractivity contribution is 0.0992. The minimum atomic E-state index is -0.338. The van der Waals surface area contributed by atoms with Gasteiger partial charge in [-0.15, -0.1) is 0 Å². The number of furan rings is 1. The number of hydrogen-bond acceptors (Lipinski definition) is 4. The van der Waals surface area contributed by atoms with E-state index in [1.165, 1.54) is 5.56 Å². The SMILES string of the molecule is O=C(Nc1cnn(CCc2ccccc2)c1)c1ccc(COc2ccc(Cl)cc2)o1. The molecule has 2 aromatic carbocycles. The van der Waals surface area contributed by atoms with Crippen molar-refractivity contribution in [2.45, 2.75) is 19.6 Å². The van der Waals surface area contributed by atoms with E-state index >= 15 is 0 Å². The van der Waals surface area contributed by atoms with E-state index in [-0.39, 0.29) is 18.3 Å². The van der Waals surface area contributed by atoms with Crippen molar-refractivity contribution in [2.75, 3.05) is 5.32 Å². The number of anilines is 1. The number of rotatable bonds is 8. The zero-order valence-electron chi connectivity index (χ0n) is 16.1. The maximum absolute atomic E-state index is 12.4. The maximum atomic E-state index is 12.4. The Hall–Kier alpha value is -3.51. The molecule has 0 saturated heterocycles. The molecule has 0 spiro atoms. The van der Waals surface area contributed by atoms with Gasteiger partial charge in [-0.05, 0) is 48.4 Å². The van der Waals surface area contributed by atoms with Crippen molar-refractivity contribution < 1.29 is 13.9 Å². The van der Waals surface area contributed by atoms with E-state index in [1.807, 2.05) is 18.2 Å². The Bertz CT molecular complexity index is 1100. The zero-order valence-corrected chi connectivity index (χ0v) is 16.9. The molecule has 2 aromatic heterocycles. The fourth-order valence-electron chi connectivity index (χ4n) is 2.89. The second-order valence-electron chi connectivity index (χ2n) is 6.69. The number of amides is 1. The lowest BCUT2D eigenvalue weighted by Gasteiger charge is -2.04. The van der Waals surface area contributed by atoms with Crippen LogP contribution in [0, 0.1) is 0 Å². The van der Waals surface area contributed by atoms with E-state index in [4.69, 9.17) is 20.8 Å². The summed E-state index contributed by atoms with van der Waals surface area (Å²) >= 11 is 5.86. The largest absolute Gasteiger partial charge is 0.486 e. The Kier molecular flexibility index (Phi) is 6.15. The number of nitrogens with one attached hydrogen (secondary N) is 1. The number of hydrogen-bond donors (Lipinski definition) is 1. The van der Waals surface area contributed by atoms with Gasteiger partial charge in [-0.2, -0.15) is 5.10 Å². The summed E-state index contributed by atoms with van der Waals surface area (Å²) in [6.45, 7) is 0.944. The van der Waals surface area contributed by atoms with Crippen LogP contribution in [0.2, 0.25) is 5.02 Å². The standard InChI is InChI=1S/C23H20ClN3O3/c24-18-6-8-20(9-7-18)29-16-21-10-11-22(30-21)23(28)26-19-14-25-27(15-19)13-12-17-4-2-1-3-5-17/h1-11,14-15H,12-13,16H2,(H,26,28). The van der Waals surface area contributed by atoms with E-state index in [1.54, 1.807) is 53.5 Å². The third kappa shape index (κ3) is 5.30. The van der Waals surface area contributed by atoms with Crippen molar-refractivity contribution in [3.8, 4) is 5.75 Å². The summed E-state index contributed by atoms with van der Waals surface area (Å²) in [5.74, 6) is 1.09. The van der Waals surface area contributed by atoms with Gasteiger partial charge < -0.3 is 14.5 Å². The third-order valence-electron chi connectivity index (χ3n) is 4.44. The monoisotopic (exact) mass is 421 g/mol. The Morgan fingerprint density at radius 1 is 1.07 bits per heavy atom. The van der Waals surface area contributed by atoms with Gasteiger partial charge in [0.25, 0.3) is 5.91 Å². The van der Waals surface area contributed by atoms with Gasteiger partial charge in [0, 0.05) is 17.8 Å². The number of benzene rings is 2. The van der Waals surface area contributed by atoms with E-state index < -0.39 is 0 Å². The molecule has 0 atom stereocenters. The lowest BCUT2D eigenvalue weighted by atomic mass is 10.1. The predicted octanol–water partition coefficient (Wildman–Crippen LogP) is 5.20. The van der Waals surface area contributed by atoms with Gasteiger partial charge in [0.05, 0.1) is 11.9 Å². The average Bonchev–Trinajstić information content (AvgIpc) is 3.42. The minimum Gasteiger partial charge on any atom is -0.486 e. The first-order valence-corrected chi connectivity index (χ1v) is 9.88. The molecule has 4 aromatic rings. The van der Waals surface area contributed by atoms with Crippen LogP contribution in [0.5, 0.6) is 5.75 Å². The highest BCUT2D eigenvalue weighted by molar-refractivity contribution is 6.30.